The summed E-state index contributed by atoms with van der Waals surface area (Å²) in [5.74, 6) is 0. The Kier molecular flexibility index (Phi) is 0.290. The van der Waals surface area contributed by atoms with Crippen LogP contribution in [0.4, 0.5) is 0 Å². The third kappa shape index (κ3) is 1.66. The van der Waals surface area contributed by atoms with E-state index in [-0.39, 0.29) is 0 Å². The van der Waals surface area contributed by atoms with E-state index in [0.717, 1.165) is 0 Å². The molecule has 1 heterocycles. The number of likely N-dealkylation sites (N-methyl/N-ethyl adjacent to an activating group) is 1. The fourth-order valence-electron chi connectivity index (χ4n) is 0.373. The van der Waals surface area contributed by atoms with Crippen molar-refractivity contribution in [1.29, 1.82) is 0 Å². The van der Waals surface area contributed by atoms with Crippen molar-refractivity contribution in [1.82, 2.24) is 10.2 Å². The molecule has 0 saturated carbocycles. The topological polar surface area (TPSA) is 15.3 Å². The summed E-state index contributed by atoms with van der Waals surface area (Å²) in [4.78, 5) is -0.657. The average Bonchev–Trinajstić information content (AvgIpc) is 2.20. The van der Waals surface area contributed by atoms with Gasteiger partial charge in [-0.25, -0.2) is 0 Å². The molecule has 9 heavy (non-hydrogen) atoms. The Bertz CT molecular complexity index is 501. The number of nitrogens with zero attached hydrogens (tertiary/aromatic N) is 1. The molecule has 1 fully saturated rings. The summed E-state index contributed by atoms with van der Waals surface area (Å²) >= 11 is 0. The second-order valence-electron chi connectivity index (χ2n) is 1.42. The van der Waals surface area contributed by atoms with Crippen LogP contribution in [0.2, 0.25) is 0 Å². The lowest BCUT2D eigenvalue weighted by molar-refractivity contribution is 0.182. The average molecular weight is 143 g/mol. The van der Waals surface area contributed by atoms with Crippen LogP contribution in [0.3, 0.4) is 0 Å². The molecule has 2 unspecified atom stereocenters. The lowest BCUT2D eigenvalue weighted by Gasteiger charge is -2.34. The van der Waals surface area contributed by atoms with Gasteiger partial charge >= 0.3 is 0 Å². The lowest BCUT2D eigenvalue weighted by atomic mass is 10.2. The second-order valence-corrected chi connectivity index (χ2v) is 1.42. The van der Waals surface area contributed by atoms with E-state index >= 15 is 0 Å². The number of hydrogen-bond donors (Lipinski definition) is 1. The molecule has 54 valence electrons. The van der Waals surface area contributed by atoms with Crippen LogP contribution in [-0.2, 0) is 0 Å². The van der Waals surface area contributed by atoms with Gasteiger partial charge in [0, 0.05) is 45.6 Å². The predicted molar refractivity (Wildman–Crippen MR) is 39.6 cm³/mol. The van der Waals surface area contributed by atoms with Gasteiger partial charge < -0.3 is 10.2 Å². The first kappa shape index (κ1) is 0.978. The van der Waals surface area contributed by atoms with Crippen molar-refractivity contribution in [2.45, 2.75) is 25.7 Å². The van der Waals surface area contributed by atoms with Gasteiger partial charge in [-0.1, -0.05) is 0 Å². The first-order valence-electron chi connectivity index (χ1n) is 9.67. The molecule has 0 aliphatic carbocycles. The van der Waals surface area contributed by atoms with Gasteiger partial charge in [-0.05, 0) is 20.7 Å². The quantitative estimate of drug-likeness (QED) is 0.525. The van der Waals surface area contributed by atoms with Crippen molar-refractivity contribution in [3.63, 3.8) is 0 Å². The van der Waals surface area contributed by atoms with Gasteiger partial charge in [-0.2, -0.15) is 0 Å². The maximum Gasteiger partial charge on any atom is 0.0477 e. The highest BCUT2D eigenvalue weighted by Crippen LogP contribution is 2.01. The normalized spacial score (nSPS) is 95.3. The van der Waals surface area contributed by atoms with Gasteiger partial charge in [0.25, 0.3) is 0 Å². The van der Waals surface area contributed by atoms with Gasteiger partial charge in [0.2, 0.25) is 0 Å². The van der Waals surface area contributed by atoms with Gasteiger partial charge in [0.05, 0.1) is 0 Å². The molecule has 0 aromatic heterocycles. The zero-order valence-electron chi connectivity index (χ0n) is 19.4. The smallest absolute Gasteiger partial charge is 0.0477 e. The third-order valence-electron chi connectivity index (χ3n) is 0.753. The van der Waals surface area contributed by atoms with E-state index in [1.165, 1.54) is 5.32 Å². The number of rotatable bonds is 0. The Morgan fingerprint density at radius 2 is 2.89 bits per heavy atom. The van der Waals surface area contributed by atoms with Crippen LogP contribution in [-0.4, -0.2) is 36.9 Å². The van der Waals surface area contributed by atoms with E-state index in [1.807, 2.05) is 0 Å². The molecule has 0 radical (unpaired) electrons. The van der Waals surface area contributed by atoms with Crippen LogP contribution in [0, 0.1) is 0 Å². The van der Waals surface area contributed by atoms with Crippen molar-refractivity contribution in [2.75, 3.05) is 20.0 Å². The number of nitrogens with one attached hydrogen (secondary N) is 1. The highest BCUT2D eigenvalue weighted by molar-refractivity contribution is 4.78. The van der Waals surface area contributed by atoms with Gasteiger partial charge in [-0.3, -0.25) is 0 Å². The van der Waals surface area contributed by atoms with E-state index in [2.05, 4.69) is 0 Å². The Balaban J connectivity index is 3.90. The molecule has 0 aromatic carbocycles. The van der Waals surface area contributed by atoms with Crippen molar-refractivity contribution < 1.29 is 20.6 Å². The minimum atomic E-state index is -3.76. The molecule has 1 N–H and O–H groups in total. The summed E-state index contributed by atoms with van der Waals surface area (Å²) in [6.07, 6.45) is 0. The minimum Gasteiger partial charge on any atom is -0.311 e. The Morgan fingerprint density at radius 1 is 1.89 bits per heavy atom. The first-order chi connectivity index (χ1) is 10.1. The summed E-state index contributed by atoms with van der Waals surface area (Å²) in [5.41, 5.74) is 0. The molecule has 0 aromatic rings. The molecule has 1 saturated heterocycles. The minimum absolute atomic E-state index is 0.657. The summed E-state index contributed by atoms with van der Waals surface area (Å²) in [6.45, 7) is -18.3. The fourth-order valence-corrected chi connectivity index (χ4v) is 0.373. The predicted octanol–water partition coefficient (Wildman–Crippen LogP) is 0.298. The summed E-state index contributed by atoms with van der Waals surface area (Å²) in [5, 5.41) is 1.42. The molecule has 1 aliphatic rings. The maximum atomic E-state index is 7.98. The molecule has 0 bridgehead atoms. The molecular formula is C7H16N2. The van der Waals surface area contributed by atoms with Gasteiger partial charge in [-0.15, -0.1) is 0 Å². The van der Waals surface area contributed by atoms with E-state index in [1.54, 1.807) is 0 Å². The van der Waals surface area contributed by atoms with Crippen LogP contribution in [0.15, 0.2) is 0 Å². The van der Waals surface area contributed by atoms with E-state index < -0.39 is 50.6 Å². The lowest BCUT2D eigenvalue weighted by Crippen LogP contribution is -2.52. The molecule has 0 amide bonds. The summed E-state index contributed by atoms with van der Waals surface area (Å²) < 4.78 is 113. The van der Waals surface area contributed by atoms with Crippen molar-refractivity contribution in [3.05, 3.63) is 0 Å². The standard InChI is InChI=1S/C7H16N2/c1-6-5-9(3)7(2)4-8-6/h6-8H,4-5H2,1-3H3/i1D3,2D3,3D3,4D2,5D2,6D,7D. The molecule has 2 nitrogen and oxygen atoms in total. The van der Waals surface area contributed by atoms with Crippen LogP contribution in [0.5, 0.6) is 0 Å². The summed E-state index contributed by atoms with van der Waals surface area (Å²) in [6, 6.07) is -7.28. The van der Waals surface area contributed by atoms with Crippen LogP contribution >= 0.6 is 0 Å². The Hall–Kier alpha value is -0.0800. The van der Waals surface area contributed by atoms with Crippen molar-refractivity contribution in [2.24, 2.45) is 0 Å². The van der Waals surface area contributed by atoms with Crippen LogP contribution in [0.1, 0.15) is 34.3 Å². The van der Waals surface area contributed by atoms with Crippen molar-refractivity contribution in [3.8, 4) is 0 Å². The highest BCUT2D eigenvalue weighted by atomic mass is 15.2. The van der Waals surface area contributed by atoms with Gasteiger partial charge in [0.1, 0.15) is 0 Å². The number of piperazine rings is 1. The van der Waals surface area contributed by atoms with Gasteiger partial charge in [0.15, 0.2) is 0 Å². The molecular weight excluding hydrogens is 112 g/mol. The molecule has 2 heteroatoms. The van der Waals surface area contributed by atoms with Crippen LogP contribution in [0.25, 0.3) is 0 Å². The molecule has 2 atom stereocenters. The zero-order valence-corrected chi connectivity index (χ0v) is 4.45. The van der Waals surface area contributed by atoms with E-state index in [4.69, 9.17) is 20.6 Å². The zero-order chi connectivity index (χ0) is 19.8. The monoisotopic (exact) mass is 143 g/mol. The largest absolute Gasteiger partial charge is 0.311 e. The first-order valence-corrected chi connectivity index (χ1v) is 2.17. The van der Waals surface area contributed by atoms with Crippen LogP contribution < -0.4 is 5.32 Å². The molecule has 1 rings (SSSR count). The Morgan fingerprint density at radius 3 is 3.56 bits per heavy atom. The molecule has 0 spiro atoms. The summed E-state index contributed by atoms with van der Waals surface area (Å²) in [7, 11) is 0. The highest BCUT2D eigenvalue weighted by Gasteiger charge is 2.17. The third-order valence-corrected chi connectivity index (χ3v) is 0.753. The molecule has 1 aliphatic heterocycles. The van der Waals surface area contributed by atoms with E-state index in [9.17, 15) is 0 Å². The van der Waals surface area contributed by atoms with E-state index in [0.29, 0.717) is 0 Å². The SMILES string of the molecule is [2H]C([2H])([2H])N1C([2H])([2H])C([2H])(C([2H])([2H])[2H])NC([2H])([2H])C1([2H])C([2H])([2H])[2H]. The number of hydrogen-bond acceptors (Lipinski definition) is 2. The second kappa shape index (κ2) is 2.67. The maximum absolute atomic E-state index is 7.98. The Labute approximate surface area is 78.3 Å². The van der Waals surface area contributed by atoms with Crippen molar-refractivity contribution >= 4 is 0 Å². The fraction of sp³-hybridized carbons (Fsp3) is 1.00.